The lowest BCUT2D eigenvalue weighted by atomic mass is 10.0. The maximum Gasteiger partial charge on any atom is 0.256 e. The number of aromatic nitrogens is 3. The van der Waals surface area contributed by atoms with Gasteiger partial charge in [-0.25, -0.2) is 9.50 Å². The first kappa shape index (κ1) is 18.4. The van der Waals surface area contributed by atoms with Gasteiger partial charge in [-0.3, -0.25) is 4.79 Å². The van der Waals surface area contributed by atoms with E-state index in [0.29, 0.717) is 17.6 Å². The van der Waals surface area contributed by atoms with E-state index < -0.39 is 0 Å². The quantitative estimate of drug-likeness (QED) is 0.735. The number of hydrogen-bond donors (Lipinski definition) is 1. The fraction of sp³-hybridized carbons (Fsp3) is 0.350. The van der Waals surface area contributed by atoms with Crippen molar-refractivity contribution in [2.24, 2.45) is 0 Å². The molecule has 136 valence electrons. The van der Waals surface area contributed by atoms with Gasteiger partial charge in [0, 0.05) is 28.9 Å². The average molecular weight is 371 g/mol. The molecule has 1 aromatic carbocycles. The summed E-state index contributed by atoms with van der Waals surface area (Å²) < 4.78 is 1.74. The fourth-order valence-electron chi connectivity index (χ4n) is 2.96. The molecule has 0 spiro atoms. The van der Waals surface area contributed by atoms with E-state index in [1.165, 1.54) is 0 Å². The lowest BCUT2D eigenvalue weighted by Gasteiger charge is -2.13. The highest BCUT2D eigenvalue weighted by molar-refractivity contribution is 6.31. The molecule has 0 bridgehead atoms. The second-order valence-corrected chi connectivity index (χ2v) is 7.01. The summed E-state index contributed by atoms with van der Waals surface area (Å²) in [6.07, 6.45) is 3.14. The summed E-state index contributed by atoms with van der Waals surface area (Å²) in [5.74, 6) is -0.139. The normalized spacial score (nSPS) is 12.3. The smallest absolute Gasteiger partial charge is 0.256 e. The highest BCUT2D eigenvalue weighted by Gasteiger charge is 2.19. The summed E-state index contributed by atoms with van der Waals surface area (Å²) in [5.41, 5.74) is 5.05. The zero-order valence-electron chi connectivity index (χ0n) is 15.5. The summed E-state index contributed by atoms with van der Waals surface area (Å²) in [5, 5.41) is 8.11. The molecule has 5 nitrogen and oxygen atoms in total. The number of nitrogens with zero attached hydrogens (tertiary/aromatic N) is 3. The molecule has 26 heavy (non-hydrogen) atoms. The maximum atomic E-state index is 12.5. The van der Waals surface area contributed by atoms with Crippen LogP contribution in [-0.2, 0) is 6.42 Å². The van der Waals surface area contributed by atoms with Crippen LogP contribution in [0.5, 0.6) is 0 Å². The Morgan fingerprint density at radius 1 is 1.31 bits per heavy atom. The molecule has 0 aliphatic carbocycles. The Bertz CT molecular complexity index is 964. The van der Waals surface area contributed by atoms with Crippen molar-refractivity contribution in [3.63, 3.8) is 0 Å². The van der Waals surface area contributed by atoms with Crippen LogP contribution in [-0.4, -0.2) is 26.5 Å². The van der Waals surface area contributed by atoms with Crippen LogP contribution in [0.15, 0.2) is 30.5 Å². The minimum atomic E-state index is -0.139. The average Bonchev–Trinajstić information content (AvgIpc) is 3.03. The summed E-state index contributed by atoms with van der Waals surface area (Å²) >= 11 is 6.31. The molecule has 3 rings (SSSR count). The van der Waals surface area contributed by atoms with E-state index in [9.17, 15) is 4.79 Å². The molecular weight excluding hydrogens is 348 g/mol. The molecule has 1 amide bonds. The Morgan fingerprint density at radius 3 is 2.73 bits per heavy atom. The number of carbonyl (C=O) groups excluding carboxylic acids is 1. The Balaban J connectivity index is 2.02. The van der Waals surface area contributed by atoms with Gasteiger partial charge in [0.2, 0.25) is 0 Å². The van der Waals surface area contributed by atoms with E-state index in [1.54, 1.807) is 10.7 Å². The van der Waals surface area contributed by atoms with Crippen molar-refractivity contribution < 1.29 is 4.79 Å². The third kappa shape index (κ3) is 3.44. The van der Waals surface area contributed by atoms with E-state index in [4.69, 9.17) is 11.6 Å². The molecule has 0 aliphatic rings. The van der Waals surface area contributed by atoms with Crippen molar-refractivity contribution in [1.82, 2.24) is 19.9 Å². The van der Waals surface area contributed by atoms with Gasteiger partial charge in [0.1, 0.15) is 5.56 Å². The summed E-state index contributed by atoms with van der Waals surface area (Å²) in [6.45, 7) is 7.98. The maximum absolute atomic E-state index is 12.5. The largest absolute Gasteiger partial charge is 0.349 e. The molecule has 1 unspecified atom stereocenters. The number of rotatable bonds is 5. The predicted octanol–water partition coefficient (Wildman–Crippen LogP) is 4.12. The topological polar surface area (TPSA) is 59.3 Å². The zero-order chi connectivity index (χ0) is 18.8. The number of hydrogen-bond acceptors (Lipinski definition) is 3. The van der Waals surface area contributed by atoms with Crippen LogP contribution in [0.4, 0.5) is 0 Å². The first-order chi connectivity index (χ1) is 12.4. The van der Waals surface area contributed by atoms with Crippen molar-refractivity contribution in [2.45, 2.75) is 46.6 Å². The van der Waals surface area contributed by atoms with Crippen molar-refractivity contribution in [1.29, 1.82) is 0 Å². The van der Waals surface area contributed by atoms with E-state index in [0.717, 1.165) is 34.0 Å². The summed E-state index contributed by atoms with van der Waals surface area (Å²) in [7, 11) is 0. The van der Waals surface area contributed by atoms with Crippen molar-refractivity contribution in [3.05, 3.63) is 63.6 Å². The van der Waals surface area contributed by atoms with Gasteiger partial charge >= 0.3 is 0 Å². The Labute approximate surface area is 158 Å². The van der Waals surface area contributed by atoms with Gasteiger partial charge in [0.15, 0.2) is 5.65 Å². The van der Waals surface area contributed by atoms with E-state index in [2.05, 4.69) is 15.4 Å². The van der Waals surface area contributed by atoms with Gasteiger partial charge in [0.25, 0.3) is 5.91 Å². The standard InChI is InChI=1S/C20H23ClN4O/c1-5-12(2)23-20(26)17-11-22-25-14(4)16(13(3)24-19(17)25)10-15-8-6-7-9-18(15)21/h6-9,11-12H,5,10H2,1-4H3,(H,23,26). The molecule has 2 heterocycles. The molecule has 0 radical (unpaired) electrons. The van der Waals surface area contributed by atoms with E-state index >= 15 is 0 Å². The van der Waals surface area contributed by atoms with Crippen LogP contribution in [0.25, 0.3) is 5.65 Å². The number of halogens is 1. The number of benzene rings is 1. The van der Waals surface area contributed by atoms with Crippen LogP contribution in [0.2, 0.25) is 5.02 Å². The van der Waals surface area contributed by atoms with Crippen molar-refractivity contribution in [3.8, 4) is 0 Å². The van der Waals surface area contributed by atoms with Crippen LogP contribution in [0.3, 0.4) is 0 Å². The third-order valence-corrected chi connectivity index (χ3v) is 5.14. The summed E-state index contributed by atoms with van der Waals surface area (Å²) in [6, 6.07) is 7.91. The fourth-order valence-corrected chi connectivity index (χ4v) is 3.17. The molecule has 0 saturated heterocycles. The molecular formula is C20H23ClN4O. The summed E-state index contributed by atoms with van der Waals surface area (Å²) in [4.78, 5) is 17.2. The second kappa shape index (κ2) is 7.46. The molecule has 2 aromatic heterocycles. The first-order valence-electron chi connectivity index (χ1n) is 8.80. The molecule has 6 heteroatoms. The Kier molecular flexibility index (Phi) is 5.28. The monoisotopic (exact) mass is 370 g/mol. The lowest BCUT2D eigenvalue weighted by molar-refractivity contribution is 0.0940. The van der Waals surface area contributed by atoms with Gasteiger partial charge in [-0.2, -0.15) is 5.10 Å². The minimum absolute atomic E-state index is 0.110. The van der Waals surface area contributed by atoms with Crippen LogP contribution in [0.1, 0.15) is 53.1 Å². The van der Waals surface area contributed by atoms with Crippen molar-refractivity contribution >= 4 is 23.2 Å². The zero-order valence-corrected chi connectivity index (χ0v) is 16.3. The first-order valence-corrected chi connectivity index (χ1v) is 9.18. The molecule has 1 atom stereocenters. The highest BCUT2D eigenvalue weighted by Crippen LogP contribution is 2.24. The van der Waals surface area contributed by atoms with E-state index in [-0.39, 0.29) is 11.9 Å². The van der Waals surface area contributed by atoms with Gasteiger partial charge < -0.3 is 5.32 Å². The number of aryl methyl sites for hydroxylation is 2. The number of amides is 1. The van der Waals surface area contributed by atoms with Crippen LogP contribution in [0, 0.1) is 13.8 Å². The Hall–Kier alpha value is -2.40. The van der Waals surface area contributed by atoms with Gasteiger partial charge in [0.05, 0.1) is 6.20 Å². The highest BCUT2D eigenvalue weighted by atomic mass is 35.5. The third-order valence-electron chi connectivity index (χ3n) is 4.77. The molecule has 0 fully saturated rings. The van der Waals surface area contributed by atoms with E-state index in [1.807, 2.05) is 52.0 Å². The number of fused-ring (bicyclic) bond motifs is 1. The molecule has 0 aliphatic heterocycles. The lowest BCUT2D eigenvalue weighted by Crippen LogP contribution is -2.31. The second-order valence-electron chi connectivity index (χ2n) is 6.61. The van der Waals surface area contributed by atoms with Crippen LogP contribution >= 0.6 is 11.6 Å². The number of carbonyl (C=O) groups is 1. The van der Waals surface area contributed by atoms with Gasteiger partial charge in [-0.15, -0.1) is 0 Å². The Morgan fingerprint density at radius 2 is 2.04 bits per heavy atom. The molecule has 3 aromatic rings. The predicted molar refractivity (Wildman–Crippen MR) is 104 cm³/mol. The van der Waals surface area contributed by atoms with Gasteiger partial charge in [-0.05, 0) is 44.4 Å². The molecule has 1 N–H and O–H groups in total. The van der Waals surface area contributed by atoms with Crippen molar-refractivity contribution in [2.75, 3.05) is 0 Å². The SMILES string of the molecule is CCC(C)NC(=O)c1cnn2c(C)c(Cc3ccccc3Cl)c(C)nc12. The van der Waals surface area contributed by atoms with Gasteiger partial charge in [-0.1, -0.05) is 36.7 Å². The number of nitrogens with one attached hydrogen (secondary N) is 1. The van der Waals surface area contributed by atoms with Crippen LogP contribution < -0.4 is 5.32 Å². The minimum Gasteiger partial charge on any atom is -0.349 e. The molecule has 0 saturated carbocycles.